The summed E-state index contributed by atoms with van der Waals surface area (Å²) in [4.78, 5) is 15.7. The smallest absolute Gasteiger partial charge is 0.408 e. The number of carbonyl (C=O) groups excluding carboxylic acids is 1. The Balaban J connectivity index is 1.61. The number of hydrogen-bond donors (Lipinski definition) is 1. The quantitative estimate of drug-likeness (QED) is 0.723. The van der Waals surface area contributed by atoms with Gasteiger partial charge >= 0.3 is 6.09 Å². The summed E-state index contributed by atoms with van der Waals surface area (Å²) in [7, 11) is 0. The van der Waals surface area contributed by atoms with Crippen molar-refractivity contribution in [3.63, 3.8) is 0 Å². The first-order valence-electron chi connectivity index (χ1n) is 8.00. The first-order chi connectivity index (χ1) is 11.5. The fourth-order valence-electron chi connectivity index (χ4n) is 3.46. The summed E-state index contributed by atoms with van der Waals surface area (Å²) in [6, 6.07) is 2.91. The molecule has 1 aromatic heterocycles. The summed E-state index contributed by atoms with van der Waals surface area (Å²) in [6.45, 7) is 5.46. The Morgan fingerprint density at radius 1 is 1.36 bits per heavy atom. The molecule has 0 radical (unpaired) electrons. The number of pyridine rings is 1. The predicted molar refractivity (Wildman–Crippen MR) is 92.2 cm³/mol. The van der Waals surface area contributed by atoms with Gasteiger partial charge in [-0.15, -0.1) is 0 Å². The molecule has 0 atom stereocenters. The van der Waals surface area contributed by atoms with Crippen molar-refractivity contribution in [2.75, 3.05) is 0 Å². The van der Waals surface area contributed by atoms with Crippen LogP contribution in [0.15, 0.2) is 16.6 Å². The number of aromatic nitrogens is 1. The Morgan fingerprint density at radius 3 is 2.56 bits per heavy atom. The molecule has 4 nitrogen and oxygen atoms in total. The molecular formula is C18H19BrF2N2O2. The van der Waals surface area contributed by atoms with Gasteiger partial charge in [0.1, 0.15) is 17.0 Å². The molecule has 4 rings (SSSR count). The van der Waals surface area contributed by atoms with Gasteiger partial charge in [-0.3, -0.25) is 0 Å². The fourth-order valence-corrected chi connectivity index (χ4v) is 3.91. The van der Waals surface area contributed by atoms with E-state index in [0.29, 0.717) is 10.2 Å². The Hall–Kier alpha value is -1.68. The van der Waals surface area contributed by atoms with Crippen LogP contribution in [0.1, 0.15) is 57.8 Å². The van der Waals surface area contributed by atoms with E-state index < -0.39 is 18.1 Å². The topological polar surface area (TPSA) is 51.2 Å². The van der Waals surface area contributed by atoms with Crippen LogP contribution in [0.25, 0.3) is 0 Å². The van der Waals surface area contributed by atoms with E-state index in [1.165, 1.54) is 6.07 Å². The van der Waals surface area contributed by atoms with E-state index in [1.54, 1.807) is 6.07 Å². The van der Waals surface area contributed by atoms with Gasteiger partial charge in [-0.05, 0) is 58.1 Å². The number of amides is 1. The van der Waals surface area contributed by atoms with Gasteiger partial charge in [-0.25, -0.2) is 18.6 Å². The lowest BCUT2D eigenvalue weighted by atomic mass is 9.40. The maximum absolute atomic E-state index is 12.8. The number of ether oxygens (including phenoxy) is 1. The highest BCUT2D eigenvalue weighted by Gasteiger charge is 2.68. The number of nitrogens with one attached hydrogen (secondary N) is 1. The van der Waals surface area contributed by atoms with E-state index in [4.69, 9.17) is 4.74 Å². The molecule has 25 heavy (non-hydrogen) atoms. The van der Waals surface area contributed by atoms with Gasteiger partial charge in [0.2, 0.25) is 0 Å². The van der Waals surface area contributed by atoms with Crippen LogP contribution in [0, 0.1) is 17.3 Å². The molecule has 1 heterocycles. The second kappa shape index (κ2) is 5.94. The minimum atomic E-state index is -2.63. The summed E-state index contributed by atoms with van der Waals surface area (Å²) in [5, 5.41) is 2.92. The minimum absolute atomic E-state index is 0.149. The van der Waals surface area contributed by atoms with Crippen molar-refractivity contribution in [2.24, 2.45) is 5.41 Å². The zero-order valence-corrected chi connectivity index (χ0v) is 15.8. The lowest BCUT2D eigenvalue weighted by molar-refractivity contribution is -0.107. The number of carbonyl (C=O) groups is 1. The highest BCUT2D eigenvalue weighted by molar-refractivity contribution is 9.10. The lowest BCUT2D eigenvalue weighted by Crippen LogP contribution is -2.74. The van der Waals surface area contributed by atoms with Crippen LogP contribution in [-0.2, 0) is 4.74 Å². The van der Waals surface area contributed by atoms with E-state index >= 15 is 0 Å². The van der Waals surface area contributed by atoms with Gasteiger partial charge in [0.25, 0.3) is 6.43 Å². The molecule has 0 aliphatic heterocycles. The molecule has 0 spiro atoms. The summed E-state index contributed by atoms with van der Waals surface area (Å²) in [5.74, 6) is 6.05. The second-order valence-electron chi connectivity index (χ2n) is 7.86. The first kappa shape index (κ1) is 18.1. The van der Waals surface area contributed by atoms with Crippen molar-refractivity contribution >= 4 is 22.0 Å². The molecule has 3 saturated carbocycles. The molecule has 1 N–H and O–H groups in total. The number of hydrogen-bond acceptors (Lipinski definition) is 3. The minimum Gasteiger partial charge on any atom is -0.444 e. The van der Waals surface area contributed by atoms with E-state index in [9.17, 15) is 13.6 Å². The molecule has 3 aliphatic carbocycles. The molecule has 3 aliphatic rings. The Bertz CT molecular complexity index is 758. The van der Waals surface area contributed by atoms with Gasteiger partial charge in [0, 0.05) is 15.4 Å². The average Bonchev–Trinajstić information content (AvgIpc) is 2.37. The van der Waals surface area contributed by atoms with Crippen LogP contribution in [0.3, 0.4) is 0 Å². The second-order valence-corrected chi connectivity index (χ2v) is 8.78. The third kappa shape index (κ3) is 3.95. The van der Waals surface area contributed by atoms with Crippen LogP contribution in [0.2, 0.25) is 0 Å². The highest BCUT2D eigenvalue weighted by atomic mass is 79.9. The number of nitrogens with zero attached hydrogens (tertiary/aromatic N) is 1. The molecule has 0 saturated heterocycles. The SMILES string of the molecule is CC(C)(C)OC(=O)NC12CC(C#Cc3cc(Br)cc(C(F)F)n3)(C1)C2. The van der Waals surface area contributed by atoms with Crippen LogP contribution in [-0.4, -0.2) is 22.2 Å². The van der Waals surface area contributed by atoms with Crippen molar-refractivity contribution in [3.8, 4) is 11.8 Å². The number of rotatable bonds is 2. The van der Waals surface area contributed by atoms with Gasteiger partial charge < -0.3 is 10.1 Å². The van der Waals surface area contributed by atoms with Crippen molar-refractivity contribution < 1.29 is 18.3 Å². The van der Waals surface area contributed by atoms with Crippen LogP contribution < -0.4 is 5.32 Å². The fraction of sp³-hybridized carbons (Fsp3) is 0.556. The zero-order valence-electron chi connectivity index (χ0n) is 14.3. The normalized spacial score (nSPS) is 26.8. The Kier molecular flexibility index (Phi) is 4.31. The van der Waals surface area contributed by atoms with Crippen LogP contribution >= 0.6 is 15.9 Å². The monoisotopic (exact) mass is 412 g/mol. The van der Waals surface area contributed by atoms with E-state index in [-0.39, 0.29) is 16.6 Å². The standard InChI is InChI=1S/C18H19BrF2N2O2/c1-16(2,3)25-15(24)23-18-8-17(9-18,10-18)5-4-12-6-11(19)7-13(22-12)14(20)21/h6-7,14H,8-10H2,1-3H3,(H,23,24). The highest BCUT2D eigenvalue weighted by Crippen LogP contribution is 2.66. The van der Waals surface area contributed by atoms with Gasteiger partial charge in [0.05, 0.1) is 0 Å². The predicted octanol–water partition coefficient (Wildman–Crippen LogP) is 4.58. The molecule has 134 valence electrons. The van der Waals surface area contributed by atoms with Crippen molar-refractivity contribution in [3.05, 3.63) is 28.0 Å². The summed E-state index contributed by atoms with van der Waals surface area (Å²) in [6.07, 6.45) is -0.787. The van der Waals surface area contributed by atoms with Crippen LogP contribution in [0.5, 0.6) is 0 Å². The summed E-state index contributed by atoms with van der Waals surface area (Å²) < 4.78 is 31.4. The van der Waals surface area contributed by atoms with Gasteiger partial charge in [0.15, 0.2) is 0 Å². The molecule has 0 aromatic carbocycles. The third-order valence-corrected chi connectivity index (χ3v) is 4.74. The lowest BCUT2D eigenvalue weighted by Gasteiger charge is -2.67. The average molecular weight is 413 g/mol. The maximum Gasteiger partial charge on any atom is 0.408 e. The van der Waals surface area contributed by atoms with Gasteiger partial charge in [-0.2, -0.15) is 0 Å². The van der Waals surface area contributed by atoms with Crippen molar-refractivity contribution in [1.82, 2.24) is 10.3 Å². The Labute approximate surface area is 153 Å². The van der Waals surface area contributed by atoms with Crippen molar-refractivity contribution in [2.45, 2.75) is 57.6 Å². The van der Waals surface area contributed by atoms with Crippen molar-refractivity contribution in [1.29, 1.82) is 0 Å². The van der Waals surface area contributed by atoms with E-state index in [1.807, 2.05) is 20.8 Å². The molecular weight excluding hydrogens is 394 g/mol. The first-order valence-corrected chi connectivity index (χ1v) is 8.79. The summed E-state index contributed by atoms with van der Waals surface area (Å²) >= 11 is 3.20. The molecule has 1 amide bonds. The molecule has 2 bridgehead atoms. The number of halogens is 3. The molecule has 1 aromatic rings. The van der Waals surface area contributed by atoms with Crippen LogP contribution in [0.4, 0.5) is 13.6 Å². The Morgan fingerprint density at radius 2 is 2.00 bits per heavy atom. The molecule has 0 unspecified atom stereocenters. The van der Waals surface area contributed by atoms with Gasteiger partial charge in [-0.1, -0.05) is 21.9 Å². The maximum atomic E-state index is 12.8. The number of alkyl halides is 2. The summed E-state index contributed by atoms with van der Waals surface area (Å²) in [5.41, 5.74) is -0.873. The van der Waals surface area contributed by atoms with E-state index in [0.717, 1.165) is 19.3 Å². The third-order valence-electron chi connectivity index (χ3n) is 4.29. The van der Waals surface area contributed by atoms with E-state index in [2.05, 4.69) is 38.1 Å². The molecule has 7 heteroatoms. The zero-order chi connectivity index (χ0) is 18.5. The largest absolute Gasteiger partial charge is 0.444 e. The molecule has 3 fully saturated rings. The number of alkyl carbamates (subject to hydrolysis) is 1.